The van der Waals surface area contributed by atoms with Gasteiger partial charge in [0.05, 0.1) is 7.11 Å². The van der Waals surface area contributed by atoms with E-state index in [0.717, 1.165) is 11.0 Å². The summed E-state index contributed by atoms with van der Waals surface area (Å²) in [5, 5.41) is 5.32. The van der Waals surface area contributed by atoms with Gasteiger partial charge in [-0.25, -0.2) is 4.79 Å². The summed E-state index contributed by atoms with van der Waals surface area (Å²) in [7, 11) is 3.88. The van der Waals surface area contributed by atoms with Crippen molar-refractivity contribution in [3.8, 4) is 0 Å². The quantitative estimate of drug-likeness (QED) is 0.473. The molecule has 2 aromatic carbocycles. The van der Waals surface area contributed by atoms with Gasteiger partial charge in [0.2, 0.25) is 5.91 Å². The molecule has 0 aliphatic rings. The second kappa shape index (κ2) is 11.1. The zero-order valence-corrected chi connectivity index (χ0v) is 17.4. The Kier molecular flexibility index (Phi) is 8.58. The predicted octanol–water partition coefficient (Wildman–Crippen LogP) is 1.15. The van der Waals surface area contributed by atoms with E-state index in [1.807, 2.05) is 24.3 Å². The Hall–Kier alpha value is -3.17. The van der Waals surface area contributed by atoms with Gasteiger partial charge in [0.1, 0.15) is 6.04 Å². The molecule has 0 aliphatic heterocycles. The highest BCUT2D eigenvalue weighted by atomic mass is 16.6. The molecule has 9 heteroatoms. The zero-order valence-electron chi connectivity index (χ0n) is 17.4. The number of amides is 2. The van der Waals surface area contributed by atoms with Gasteiger partial charge >= 0.3 is 13.1 Å². The van der Waals surface area contributed by atoms with Gasteiger partial charge in [-0.2, -0.15) is 0 Å². The van der Waals surface area contributed by atoms with Gasteiger partial charge in [0.25, 0.3) is 5.91 Å². The molecule has 0 unspecified atom stereocenters. The third kappa shape index (κ3) is 6.43. The fourth-order valence-electron chi connectivity index (χ4n) is 2.93. The molecule has 0 fully saturated rings. The number of nitrogens with one attached hydrogen (secondary N) is 2. The first-order chi connectivity index (χ1) is 14.4. The molecule has 0 bridgehead atoms. The van der Waals surface area contributed by atoms with Gasteiger partial charge in [-0.1, -0.05) is 30.3 Å². The van der Waals surface area contributed by atoms with Gasteiger partial charge in [-0.05, 0) is 29.2 Å². The summed E-state index contributed by atoms with van der Waals surface area (Å²) in [6.45, 7) is 1.38. The predicted molar refractivity (Wildman–Crippen MR) is 114 cm³/mol. The number of methoxy groups -OCH3 is 1. The first kappa shape index (κ1) is 23.1. The van der Waals surface area contributed by atoms with Crippen molar-refractivity contribution in [1.29, 1.82) is 0 Å². The maximum Gasteiger partial charge on any atom is 0.493 e. The van der Waals surface area contributed by atoms with E-state index in [2.05, 4.69) is 10.6 Å². The van der Waals surface area contributed by atoms with Crippen molar-refractivity contribution in [2.75, 3.05) is 26.6 Å². The number of carbonyl (C=O) groups is 3. The van der Waals surface area contributed by atoms with Crippen LogP contribution in [0, 0.1) is 0 Å². The van der Waals surface area contributed by atoms with E-state index in [4.69, 9.17) is 14.0 Å². The maximum absolute atomic E-state index is 12.7. The SMILES string of the molecule is COB(OC)c1ccc(C[C@H](NC(=O)c2cccc(NC(C)=O)c2)C(=O)OC)cc1. The number of rotatable bonds is 9. The molecule has 0 saturated heterocycles. The van der Waals surface area contributed by atoms with Crippen LogP contribution in [0.4, 0.5) is 5.69 Å². The molecule has 1 atom stereocenters. The Morgan fingerprint density at radius 2 is 1.67 bits per heavy atom. The lowest BCUT2D eigenvalue weighted by atomic mass is 9.78. The Morgan fingerprint density at radius 1 is 1.00 bits per heavy atom. The van der Waals surface area contributed by atoms with E-state index in [0.29, 0.717) is 11.3 Å². The molecule has 0 aliphatic carbocycles. The molecule has 2 rings (SSSR count). The Morgan fingerprint density at radius 3 is 2.23 bits per heavy atom. The molecular weight excluding hydrogens is 387 g/mol. The molecule has 8 nitrogen and oxygen atoms in total. The van der Waals surface area contributed by atoms with Gasteiger partial charge in [-0.3, -0.25) is 9.59 Å². The van der Waals surface area contributed by atoms with E-state index in [-0.39, 0.29) is 12.3 Å². The number of hydrogen-bond donors (Lipinski definition) is 2. The summed E-state index contributed by atoms with van der Waals surface area (Å²) in [5.41, 5.74) is 2.46. The van der Waals surface area contributed by atoms with E-state index in [1.165, 1.54) is 20.1 Å². The van der Waals surface area contributed by atoms with Gasteiger partial charge in [0.15, 0.2) is 0 Å². The monoisotopic (exact) mass is 412 g/mol. The average Bonchev–Trinajstić information content (AvgIpc) is 2.74. The Bertz CT molecular complexity index is 883. The number of esters is 1. The second-order valence-electron chi connectivity index (χ2n) is 6.56. The molecular formula is C21H25BN2O6. The van der Waals surface area contributed by atoms with Crippen LogP contribution in [-0.2, 0) is 30.1 Å². The number of carbonyl (C=O) groups excluding carboxylic acids is 3. The van der Waals surface area contributed by atoms with Crippen molar-refractivity contribution in [2.24, 2.45) is 0 Å². The summed E-state index contributed by atoms with van der Waals surface area (Å²) in [6, 6.07) is 12.9. The fourth-order valence-corrected chi connectivity index (χ4v) is 2.93. The van der Waals surface area contributed by atoms with Crippen molar-refractivity contribution in [3.05, 3.63) is 59.7 Å². The minimum absolute atomic E-state index is 0.243. The Labute approximate surface area is 176 Å². The van der Waals surface area contributed by atoms with Crippen LogP contribution < -0.4 is 16.1 Å². The first-order valence-electron chi connectivity index (χ1n) is 9.28. The highest BCUT2D eigenvalue weighted by Crippen LogP contribution is 2.12. The van der Waals surface area contributed by atoms with Crippen LogP contribution in [-0.4, -0.2) is 52.3 Å². The highest BCUT2D eigenvalue weighted by molar-refractivity contribution is 6.61. The number of benzene rings is 2. The van der Waals surface area contributed by atoms with Crippen LogP contribution in [0.2, 0.25) is 0 Å². The smallest absolute Gasteiger partial charge is 0.467 e. The van der Waals surface area contributed by atoms with Crippen molar-refractivity contribution >= 4 is 36.1 Å². The third-order valence-electron chi connectivity index (χ3n) is 4.36. The third-order valence-corrected chi connectivity index (χ3v) is 4.36. The van der Waals surface area contributed by atoms with Crippen LogP contribution in [0.15, 0.2) is 48.5 Å². The van der Waals surface area contributed by atoms with Crippen LogP contribution >= 0.6 is 0 Å². The van der Waals surface area contributed by atoms with Gasteiger partial charge in [0, 0.05) is 38.8 Å². The van der Waals surface area contributed by atoms with Crippen molar-refractivity contribution in [1.82, 2.24) is 5.32 Å². The van der Waals surface area contributed by atoms with Crippen LogP contribution in [0.25, 0.3) is 0 Å². The minimum Gasteiger partial charge on any atom is -0.467 e. The van der Waals surface area contributed by atoms with Crippen molar-refractivity contribution in [3.63, 3.8) is 0 Å². The normalized spacial score (nSPS) is 11.3. The summed E-state index contributed by atoms with van der Waals surface area (Å²) in [6.07, 6.45) is 0.245. The van der Waals surface area contributed by atoms with E-state index >= 15 is 0 Å². The zero-order chi connectivity index (χ0) is 22.1. The van der Waals surface area contributed by atoms with Crippen LogP contribution in [0.5, 0.6) is 0 Å². The molecule has 2 N–H and O–H groups in total. The standard InChI is InChI=1S/C21H25BN2O6/c1-14(25)23-18-7-5-6-16(13-18)20(26)24-19(21(27)28-2)12-15-8-10-17(11-9-15)22(29-3)30-4/h5-11,13,19H,12H2,1-4H3,(H,23,25)(H,24,26)/t19-/m0/s1. The first-order valence-corrected chi connectivity index (χ1v) is 9.28. The van der Waals surface area contributed by atoms with E-state index < -0.39 is 25.0 Å². The summed E-state index contributed by atoms with van der Waals surface area (Å²) in [4.78, 5) is 36.1. The van der Waals surface area contributed by atoms with Gasteiger partial charge < -0.3 is 24.7 Å². The molecule has 30 heavy (non-hydrogen) atoms. The number of ether oxygens (including phenoxy) is 1. The van der Waals surface area contributed by atoms with Gasteiger partial charge in [-0.15, -0.1) is 0 Å². The summed E-state index contributed by atoms with van der Waals surface area (Å²) in [5.74, 6) is -1.25. The highest BCUT2D eigenvalue weighted by Gasteiger charge is 2.23. The fraction of sp³-hybridized carbons (Fsp3) is 0.286. The lowest BCUT2D eigenvalue weighted by Crippen LogP contribution is -2.43. The topological polar surface area (TPSA) is 103 Å². The molecule has 2 amide bonds. The summed E-state index contributed by atoms with van der Waals surface area (Å²) < 4.78 is 15.3. The molecule has 0 radical (unpaired) electrons. The second-order valence-corrected chi connectivity index (χ2v) is 6.56. The van der Waals surface area contributed by atoms with Crippen LogP contribution in [0.1, 0.15) is 22.8 Å². The molecule has 0 spiro atoms. The largest absolute Gasteiger partial charge is 0.493 e. The lowest BCUT2D eigenvalue weighted by Gasteiger charge is -2.17. The van der Waals surface area contributed by atoms with E-state index in [9.17, 15) is 14.4 Å². The average molecular weight is 412 g/mol. The number of hydrogen-bond acceptors (Lipinski definition) is 6. The Balaban J connectivity index is 2.14. The number of anilines is 1. The maximum atomic E-state index is 12.7. The molecule has 2 aromatic rings. The minimum atomic E-state index is -0.876. The van der Waals surface area contributed by atoms with E-state index in [1.54, 1.807) is 32.4 Å². The van der Waals surface area contributed by atoms with Crippen molar-refractivity contribution in [2.45, 2.75) is 19.4 Å². The molecule has 158 valence electrons. The molecule has 0 aromatic heterocycles. The lowest BCUT2D eigenvalue weighted by molar-refractivity contribution is -0.142. The molecule has 0 saturated carbocycles. The molecule has 0 heterocycles. The van der Waals surface area contributed by atoms with Crippen LogP contribution in [0.3, 0.4) is 0 Å². The van der Waals surface area contributed by atoms with Crippen molar-refractivity contribution < 1.29 is 28.4 Å². The summed E-state index contributed by atoms with van der Waals surface area (Å²) >= 11 is 0.